The molecule has 6 nitrogen and oxygen atoms in total. The number of ether oxygens (including phenoxy) is 2. The van der Waals surface area contributed by atoms with Gasteiger partial charge in [0.15, 0.2) is 0 Å². The summed E-state index contributed by atoms with van der Waals surface area (Å²) in [5, 5.41) is 12.1. The summed E-state index contributed by atoms with van der Waals surface area (Å²) >= 11 is 0. The van der Waals surface area contributed by atoms with Crippen LogP contribution in [0.5, 0.6) is 11.5 Å². The molecule has 1 heterocycles. The van der Waals surface area contributed by atoms with Crippen molar-refractivity contribution in [3.63, 3.8) is 0 Å². The molecule has 0 atom stereocenters. The number of nitrogens with zero attached hydrogens (tertiary/aromatic N) is 1. The molecule has 1 fully saturated rings. The fraction of sp³-hybridized carbons (Fsp3) is 0.367. The summed E-state index contributed by atoms with van der Waals surface area (Å²) in [5.74, 6) is 0.0596. The lowest BCUT2D eigenvalue weighted by molar-refractivity contribution is 0.0653. The summed E-state index contributed by atoms with van der Waals surface area (Å²) < 4.78 is 41.0. The maximum absolute atomic E-state index is 15.5. The van der Waals surface area contributed by atoms with Gasteiger partial charge in [-0.15, -0.1) is 0 Å². The van der Waals surface area contributed by atoms with E-state index in [0.717, 1.165) is 16.7 Å². The number of halogens is 2. The summed E-state index contributed by atoms with van der Waals surface area (Å²) in [5.41, 5.74) is 2.16. The minimum absolute atomic E-state index is 0.169. The van der Waals surface area contributed by atoms with E-state index in [-0.39, 0.29) is 17.9 Å². The number of carboxylic acid groups (broad SMARTS) is 1. The van der Waals surface area contributed by atoms with Crippen molar-refractivity contribution in [1.29, 1.82) is 0 Å². The van der Waals surface area contributed by atoms with E-state index in [2.05, 4.69) is 10.2 Å². The zero-order chi connectivity index (χ0) is 27.1. The minimum Gasteiger partial charge on any atom is -0.493 e. The van der Waals surface area contributed by atoms with Crippen molar-refractivity contribution in [2.45, 2.75) is 38.9 Å². The van der Waals surface area contributed by atoms with Crippen LogP contribution < -0.4 is 14.8 Å². The maximum atomic E-state index is 15.5. The molecule has 1 saturated heterocycles. The van der Waals surface area contributed by atoms with Gasteiger partial charge in [-0.1, -0.05) is 12.1 Å². The van der Waals surface area contributed by atoms with Gasteiger partial charge >= 0.3 is 5.97 Å². The highest BCUT2D eigenvalue weighted by molar-refractivity contribution is 5.88. The Morgan fingerprint density at radius 3 is 2.08 bits per heavy atom. The first-order valence-electron chi connectivity index (χ1n) is 13.0. The highest BCUT2D eigenvalue weighted by Gasteiger charge is 2.34. The molecule has 0 saturated carbocycles. The van der Waals surface area contributed by atoms with Gasteiger partial charge in [0.1, 0.15) is 23.0 Å². The first-order chi connectivity index (χ1) is 18.3. The average Bonchev–Trinajstić information content (AvgIpc) is 2.90. The molecule has 0 bridgehead atoms. The second-order valence-corrected chi connectivity index (χ2v) is 9.50. The van der Waals surface area contributed by atoms with Crippen LogP contribution in [0.15, 0.2) is 60.7 Å². The van der Waals surface area contributed by atoms with Gasteiger partial charge in [0.2, 0.25) is 0 Å². The van der Waals surface area contributed by atoms with Gasteiger partial charge in [0, 0.05) is 31.9 Å². The lowest BCUT2D eigenvalue weighted by atomic mass is 9.92. The molecular formula is C30H34F2N2O4. The Balaban J connectivity index is 1.42. The van der Waals surface area contributed by atoms with Crippen LogP contribution in [0.2, 0.25) is 0 Å². The molecule has 0 aliphatic carbocycles. The van der Waals surface area contributed by atoms with Crippen molar-refractivity contribution in [1.82, 2.24) is 4.90 Å². The van der Waals surface area contributed by atoms with Crippen molar-refractivity contribution >= 4 is 11.7 Å². The van der Waals surface area contributed by atoms with E-state index in [1.54, 1.807) is 24.3 Å². The molecule has 0 unspecified atom stereocenters. The van der Waals surface area contributed by atoms with Crippen molar-refractivity contribution < 1.29 is 28.2 Å². The zero-order valence-corrected chi connectivity index (χ0v) is 21.8. The summed E-state index contributed by atoms with van der Waals surface area (Å²) in [7, 11) is 0. The SMILES string of the molecule is CCOc1cc(CN2CCC(F)(CNc3ccc(C(=O)O)cc3)CC2)cc(OCC)c1-c1ccc(F)cc1. The summed E-state index contributed by atoms with van der Waals surface area (Å²) in [6.45, 7) is 6.79. The van der Waals surface area contributed by atoms with Crippen LogP contribution >= 0.6 is 0 Å². The molecule has 0 amide bonds. The van der Waals surface area contributed by atoms with Crippen molar-refractivity contribution in [3.8, 4) is 22.6 Å². The van der Waals surface area contributed by atoms with Crippen LogP contribution in [-0.4, -0.2) is 54.5 Å². The molecule has 1 aliphatic heterocycles. The van der Waals surface area contributed by atoms with Crippen molar-refractivity contribution in [2.75, 3.05) is 38.2 Å². The number of anilines is 1. The molecular weight excluding hydrogens is 490 g/mol. The number of aromatic carboxylic acids is 1. The van der Waals surface area contributed by atoms with Crippen LogP contribution in [-0.2, 0) is 6.54 Å². The molecule has 1 aliphatic rings. The van der Waals surface area contributed by atoms with E-state index in [0.29, 0.717) is 62.9 Å². The van der Waals surface area contributed by atoms with E-state index in [1.807, 2.05) is 26.0 Å². The fourth-order valence-corrected chi connectivity index (χ4v) is 4.71. The van der Waals surface area contributed by atoms with E-state index in [1.165, 1.54) is 24.3 Å². The number of rotatable bonds is 11. The number of hydrogen-bond acceptors (Lipinski definition) is 5. The van der Waals surface area contributed by atoms with Gasteiger partial charge in [-0.2, -0.15) is 0 Å². The molecule has 38 heavy (non-hydrogen) atoms. The highest BCUT2D eigenvalue weighted by atomic mass is 19.1. The number of carbonyl (C=O) groups is 1. The number of carboxylic acids is 1. The molecule has 0 spiro atoms. The summed E-state index contributed by atoms with van der Waals surface area (Å²) in [6.07, 6.45) is 0.773. The first-order valence-corrected chi connectivity index (χ1v) is 13.0. The minimum atomic E-state index is -1.35. The number of hydrogen-bond donors (Lipinski definition) is 2. The van der Waals surface area contributed by atoms with E-state index >= 15 is 4.39 Å². The molecule has 8 heteroatoms. The molecule has 3 aromatic rings. The number of alkyl halides is 1. The van der Waals surface area contributed by atoms with Gasteiger partial charge in [0.05, 0.1) is 24.3 Å². The lowest BCUT2D eigenvalue weighted by Crippen LogP contribution is -2.45. The third kappa shape index (κ3) is 6.81. The highest BCUT2D eigenvalue weighted by Crippen LogP contribution is 2.40. The number of piperidine rings is 1. The van der Waals surface area contributed by atoms with E-state index in [9.17, 15) is 9.18 Å². The predicted molar refractivity (Wildman–Crippen MR) is 144 cm³/mol. The van der Waals surface area contributed by atoms with Crippen LogP contribution in [0.3, 0.4) is 0 Å². The van der Waals surface area contributed by atoms with Gasteiger partial charge in [-0.05, 0) is 86.3 Å². The fourth-order valence-electron chi connectivity index (χ4n) is 4.71. The number of nitrogens with one attached hydrogen (secondary N) is 1. The third-order valence-corrected chi connectivity index (χ3v) is 6.76. The van der Waals surface area contributed by atoms with Gasteiger partial charge in [0.25, 0.3) is 0 Å². The zero-order valence-electron chi connectivity index (χ0n) is 21.8. The van der Waals surface area contributed by atoms with Crippen LogP contribution in [0.4, 0.5) is 14.5 Å². The Hall–Kier alpha value is -3.65. The van der Waals surface area contributed by atoms with Crippen molar-refractivity contribution in [3.05, 3.63) is 77.6 Å². The average molecular weight is 525 g/mol. The topological polar surface area (TPSA) is 71.0 Å². The number of benzene rings is 3. The lowest BCUT2D eigenvalue weighted by Gasteiger charge is -2.36. The third-order valence-electron chi connectivity index (χ3n) is 6.76. The number of likely N-dealkylation sites (tertiary alicyclic amines) is 1. The molecule has 0 aromatic heterocycles. The first kappa shape index (κ1) is 27.4. The van der Waals surface area contributed by atoms with Crippen LogP contribution in [0, 0.1) is 5.82 Å². The predicted octanol–water partition coefficient (Wildman–Crippen LogP) is 6.40. The Labute approximate surface area is 222 Å². The monoisotopic (exact) mass is 524 g/mol. The van der Waals surface area contributed by atoms with E-state index in [4.69, 9.17) is 14.6 Å². The maximum Gasteiger partial charge on any atom is 0.335 e. The largest absolute Gasteiger partial charge is 0.493 e. The Morgan fingerprint density at radius 2 is 1.55 bits per heavy atom. The molecule has 4 rings (SSSR count). The smallest absolute Gasteiger partial charge is 0.335 e. The van der Waals surface area contributed by atoms with Crippen LogP contribution in [0.25, 0.3) is 11.1 Å². The normalized spacial score (nSPS) is 15.2. The van der Waals surface area contributed by atoms with Gasteiger partial charge in [-0.3, -0.25) is 4.90 Å². The van der Waals surface area contributed by atoms with E-state index < -0.39 is 11.6 Å². The Morgan fingerprint density at radius 1 is 0.974 bits per heavy atom. The van der Waals surface area contributed by atoms with Gasteiger partial charge < -0.3 is 19.9 Å². The molecule has 0 radical (unpaired) electrons. The van der Waals surface area contributed by atoms with Crippen molar-refractivity contribution in [2.24, 2.45) is 0 Å². The summed E-state index contributed by atoms with van der Waals surface area (Å²) in [6, 6.07) is 16.6. The Kier molecular flexibility index (Phi) is 8.84. The quantitative estimate of drug-likeness (QED) is 0.302. The Bertz CT molecular complexity index is 1200. The second-order valence-electron chi connectivity index (χ2n) is 9.50. The molecule has 202 valence electrons. The van der Waals surface area contributed by atoms with Gasteiger partial charge in [-0.25, -0.2) is 13.6 Å². The second kappa shape index (κ2) is 12.3. The molecule has 2 N–H and O–H groups in total. The standard InChI is InChI=1S/C30H34F2N2O4/c1-3-37-26-17-21(18-27(38-4-2)28(26)22-5-9-24(31)10-6-22)19-34-15-13-30(32,14-16-34)20-33-25-11-7-23(8-12-25)29(35)36/h5-12,17-18,33H,3-4,13-16,19-20H2,1-2H3,(H,35,36). The summed E-state index contributed by atoms with van der Waals surface area (Å²) in [4.78, 5) is 13.2. The van der Waals surface area contributed by atoms with Crippen LogP contribution in [0.1, 0.15) is 42.6 Å². The molecule has 3 aromatic carbocycles.